The highest BCUT2D eigenvalue weighted by Crippen LogP contribution is 2.22. The second kappa shape index (κ2) is 7.94. The maximum Gasteiger partial charge on any atom is 0.264 e. The second-order valence-electron chi connectivity index (χ2n) is 5.55. The van der Waals surface area contributed by atoms with Crippen LogP contribution in [0.5, 0.6) is 0 Å². The molecule has 0 aliphatic rings. The molecule has 0 saturated carbocycles. The predicted molar refractivity (Wildman–Crippen MR) is 95.5 cm³/mol. The van der Waals surface area contributed by atoms with Crippen molar-refractivity contribution in [2.75, 3.05) is 5.32 Å². The van der Waals surface area contributed by atoms with E-state index in [4.69, 9.17) is 0 Å². The van der Waals surface area contributed by atoms with Crippen LogP contribution in [0.15, 0.2) is 59.5 Å². The molecule has 6 nitrogen and oxygen atoms in total. The Morgan fingerprint density at radius 3 is 2.12 bits per heavy atom. The normalized spacial score (nSPS) is 12.2. The molecule has 25 heavy (non-hydrogen) atoms. The lowest BCUT2D eigenvalue weighted by Gasteiger charge is -2.15. The van der Waals surface area contributed by atoms with E-state index in [1.165, 1.54) is 24.3 Å². The average molecular weight is 360 g/mol. The van der Waals surface area contributed by atoms with Gasteiger partial charge in [0, 0.05) is 12.6 Å². The van der Waals surface area contributed by atoms with E-state index < -0.39 is 15.9 Å². The van der Waals surface area contributed by atoms with Crippen molar-refractivity contribution in [2.45, 2.75) is 31.1 Å². The van der Waals surface area contributed by atoms with Crippen molar-refractivity contribution in [1.82, 2.24) is 4.72 Å². The monoisotopic (exact) mass is 360 g/mol. The van der Waals surface area contributed by atoms with E-state index in [-0.39, 0.29) is 16.7 Å². The number of rotatable bonds is 6. The van der Waals surface area contributed by atoms with Gasteiger partial charge >= 0.3 is 0 Å². The zero-order valence-electron chi connectivity index (χ0n) is 14.0. The van der Waals surface area contributed by atoms with E-state index in [1.54, 1.807) is 0 Å². The summed E-state index contributed by atoms with van der Waals surface area (Å²) in [6.07, 6.45) is 0.644. The Balaban J connectivity index is 2.13. The number of hydrogen-bond donors (Lipinski definition) is 2. The molecule has 2 N–H and O–H groups in total. The van der Waals surface area contributed by atoms with Gasteiger partial charge in [0.2, 0.25) is 11.8 Å². The average Bonchev–Trinajstić information content (AvgIpc) is 2.56. The van der Waals surface area contributed by atoms with Crippen LogP contribution < -0.4 is 10.0 Å². The molecule has 2 aromatic rings. The van der Waals surface area contributed by atoms with Crippen molar-refractivity contribution in [2.24, 2.45) is 0 Å². The summed E-state index contributed by atoms with van der Waals surface area (Å²) < 4.78 is 25.7. The summed E-state index contributed by atoms with van der Waals surface area (Å²) in [5.41, 5.74) is 1.41. The Morgan fingerprint density at radius 1 is 1.00 bits per heavy atom. The summed E-state index contributed by atoms with van der Waals surface area (Å²) >= 11 is 0. The van der Waals surface area contributed by atoms with Gasteiger partial charge in [-0.1, -0.05) is 37.3 Å². The van der Waals surface area contributed by atoms with Gasteiger partial charge in [-0.2, -0.15) is 0 Å². The maximum atomic E-state index is 12.5. The number of carbonyl (C=O) groups is 2. The molecule has 2 rings (SSSR count). The molecule has 0 aliphatic heterocycles. The van der Waals surface area contributed by atoms with E-state index >= 15 is 0 Å². The number of nitrogens with one attached hydrogen (secondary N) is 2. The zero-order chi connectivity index (χ0) is 18.4. The quantitative estimate of drug-likeness (QED) is 0.828. The van der Waals surface area contributed by atoms with Gasteiger partial charge in [0.05, 0.1) is 10.8 Å². The van der Waals surface area contributed by atoms with Crippen molar-refractivity contribution in [3.63, 3.8) is 0 Å². The van der Waals surface area contributed by atoms with Crippen molar-refractivity contribution in [1.29, 1.82) is 0 Å². The van der Waals surface area contributed by atoms with Gasteiger partial charge in [-0.25, -0.2) is 13.1 Å². The minimum atomic E-state index is -3.88. The molecule has 0 aliphatic carbocycles. The molecule has 1 atom stereocenters. The second-order valence-corrected chi connectivity index (χ2v) is 7.23. The van der Waals surface area contributed by atoms with Crippen LogP contribution in [0.2, 0.25) is 0 Å². The van der Waals surface area contributed by atoms with E-state index in [0.717, 1.165) is 12.5 Å². The minimum absolute atomic E-state index is 0.0456. The first-order chi connectivity index (χ1) is 11.8. The zero-order valence-corrected chi connectivity index (χ0v) is 14.8. The summed E-state index contributed by atoms with van der Waals surface area (Å²) in [5.74, 6) is -1.11. The summed E-state index contributed by atoms with van der Waals surface area (Å²) in [6, 6.07) is 15.1. The third-order valence-electron chi connectivity index (χ3n) is 3.64. The Hall–Kier alpha value is -2.67. The summed E-state index contributed by atoms with van der Waals surface area (Å²) in [5, 5.41) is 2.79. The Morgan fingerprint density at radius 2 is 1.60 bits per heavy atom. The molecular formula is C18H20N2O4S. The Labute approximate surface area is 147 Å². The summed E-state index contributed by atoms with van der Waals surface area (Å²) in [4.78, 5) is 23.4. The van der Waals surface area contributed by atoms with E-state index in [2.05, 4.69) is 5.32 Å². The highest BCUT2D eigenvalue weighted by atomic mass is 32.2. The molecule has 132 valence electrons. The largest absolute Gasteiger partial charge is 0.326 e. The molecule has 0 spiro atoms. The molecule has 0 heterocycles. The molecule has 0 bridgehead atoms. The minimum Gasteiger partial charge on any atom is -0.326 e. The van der Waals surface area contributed by atoms with Gasteiger partial charge in [0.25, 0.3) is 10.0 Å². The molecule has 0 saturated heterocycles. The molecule has 0 fully saturated rings. The summed E-state index contributed by atoms with van der Waals surface area (Å²) in [6.45, 7) is 3.06. The first kappa shape index (κ1) is 18.7. The lowest BCUT2D eigenvalue weighted by molar-refractivity contribution is -0.118. The number of benzene rings is 2. The van der Waals surface area contributed by atoms with Crippen LogP contribution in [0.25, 0.3) is 0 Å². The van der Waals surface area contributed by atoms with Gasteiger partial charge in [0.1, 0.15) is 0 Å². The highest BCUT2D eigenvalue weighted by Gasteiger charge is 2.19. The van der Waals surface area contributed by atoms with Gasteiger partial charge in [-0.3, -0.25) is 9.59 Å². The number of amides is 2. The van der Waals surface area contributed by atoms with Gasteiger partial charge in [0.15, 0.2) is 0 Å². The number of anilines is 1. The predicted octanol–water partition coefficient (Wildman–Crippen LogP) is 2.64. The Bertz CT molecular complexity index is 846. The smallest absolute Gasteiger partial charge is 0.264 e. The van der Waals surface area contributed by atoms with Crippen molar-refractivity contribution in [3.8, 4) is 0 Å². The van der Waals surface area contributed by atoms with Crippen LogP contribution in [0.4, 0.5) is 5.69 Å². The molecule has 0 unspecified atom stereocenters. The molecule has 2 aromatic carbocycles. The van der Waals surface area contributed by atoms with Crippen molar-refractivity contribution >= 4 is 27.5 Å². The third-order valence-corrected chi connectivity index (χ3v) is 5.09. The first-order valence-corrected chi connectivity index (χ1v) is 9.31. The van der Waals surface area contributed by atoms with Crippen LogP contribution in [0.3, 0.4) is 0 Å². The van der Waals surface area contributed by atoms with Gasteiger partial charge < -0.3 is 5.32 Å². The summed E-state index contributed by atoms with van der Waals surface area (Å²) in [7, 11) is -3.88. The van der Waals surface area contributed by atoms with Crippen molar-refractivity contribution < 1.29 is 18.0 Å². The molecule has 2 amide bonds. The fourth-order valence-electron chi connectivity index (χ4n) is 2.45. The highest BCUT2D eigenvalue weighted by molar-refractivity contribution is 7.90. The van der Waals surface area contributed by atoms with Gasteiger partial charge in [-0.05, 0) is 36.2 Å². The van der Waals surface area contributed by atoms with Crippen LogP contribution in [0, 0.1) is 0 Å². The lowest BCUT2D eigenvalue weighted by Crippen LogP contribution is -2.28. The van der Waals surface area contributed by atoms with Crippen LogP contribution in [-0.4, -0.2) is 20.2 Å². The van der Waals surface area contributed by atoms with E-state index in [9.17, 15) is 18.0 Å². The van der Waals surface area contributed by atoms with Crippen molar-refractivity contribution in [3.05, 3.63) is 60.2 Å². The van der Waals surface area contributed by atoms with E-state index in [0.29, 0.717) is 12.1 Å². The topological polar surface area (TPSA) is 92.3 Å². The molecule has 0 aromatic heterocycles. The maximum absolute atomic E-state index is 12.5. The number of carbonyl (C=O) groups excluding carboxylic acids is 2. The Kier molecular flexibility index (Phi) is 5.93. The lowest BCUT2D eigenvalue weighted by atomic mass is 9.95. The number of sulfonamides is 1. The number of hydrogen-bond acceptors (Lipinski definition) is 4. The van der Waals surface area contributed by atoms with Crippen LogP contribution >= 0.6 is 0 Å². The van der Waals surface area contributed by atoms with Crippen LogP contribution in [-0.2, 0) is 19.6 Å². The molecule has 0 radical (unpaired) electrons. The van der Waals surface area contributed by atoms with Gasteiger partial charge in [-0.15, -0.1) is 0 Å². The fraction of sp³-hybridized carbons (Fsp3) is 0.222. The SMILES string of the molecule is CC[C@H](C(=O)Nc1ccc(S(=O)(=O)NC(C)=O)cc1)c1ccccc1. The molecular weight excluding hydrogens is 340 g/mol. The molecule has 7 heteroatoms. The standard InChI is InChI=1S/C18H20N2O4S/c1-3-17(14-7-5-4-6-8-14)18(22)19-15-9-11-16(12-10-15)25(23,24)20-13(2)21/h4-12,17H,3H2,1-2H3,(H,19,22)(H,20,21)/t17-/m0/s1. The fourth-order valence-corrected chi connectivity index (χ4v) is 3.44. The first-order valence-electron chi connectivity index (χ1n) is 7.82. The third kappa shape index (κ3) is 4.90. The van der Waals surface area contributed by atoms with Crippen LogP contribution in [0.1, 0.15) is 31.7 Å². The van der Waals surface area contributed by atoms with E-state index in [1.807, 2.05) is 42.0 Å².